The molecule has 22 heavy (non-hydrogen) atoms. The molecular weight excluding hydrogens is 304 g/mol. The molecule has 1 amide bonds. The molecule has 0 spiro atoms. The summed E-state index contributed by atoms with van der Waals surface area (Å²) in [6.45, 7) is 3.82. The van der Waals surface area contributed by atoms with E-state index in [1.165, 1.54) is 7.11 Å². The Balaban J connectivity index is 2.13. The van der Waals surface area contributed by atoms with E-state index in [-0.39, 0.29) is 18.4 Å². The average molecular weight is 323 g/mol. The number of aromatic nitrogens is 1. The maximum atomic E-state index is 12.2. The van der Waals surface area contributed by atoms with Crippen LogP contribution in [0.5, 0.6) is 0 Å². The van der Waals surface area contributed by atoms with E-state index in [4.69, 9.17) is 16.3 Å². The first-order valence-corrected chi connectivity index (χ1v) is 7.41. The zero-order valence-electron chi connectivity index (χ0n) is 12.8. The van der Waals surface area contributed by atoms with Crippen LogP contribution in [0.1, 0.15) is 13.8 Å². The Bertz CT molecular complexity index is 694. The molecule has 6 heteroatoms. The van der Waals surface area contributed by atoms with E-state index in [9.17, 15) is 9.59 Å². The van der Waals surface area contributed by atoms with Crippen molar-refractivity contribution in [1.29, 1.82) is 0 Å². The smallest absolute Gasteiger partial charge is 0.328 e. The lowest BCUT2D eigenvalue weighted by molar-refractivity contribution is -0.146. The van der Waals surface area contributed by atoms with E-state index in [1.54, 1.807) is 10.6 Å². The van der Waals surface area contributed by atoms with Crippen LogP contribution in [-0.4, -0.2) is 29.6 Å². The normalized spacial score (nSPS) is 12.4. The summed E-state index contributed by atoms with van der Waals surface area (Å²) in [5.74, 6) is -0.738. The molecular formula is C16H19ClN2O3. The number of halogens is 1. The van der Waals surface area contributed by atoms with Gasteiger partial charge in [0.2, 0.25) is 5.91 Å². The van der Waals surface area contributed by atoms with Gasteiger partial charge in [-0.15, -0.1) is 0 Å². The quantitative estimate of drug-likeness (QED) is 0.861. The fourth-order valence-corrected chi connectivity index (χ4v) is 2.46. The van der Waals surface area contributed by atoms with Crippen LogP contribution in [0.4, 0.5) is 0 Å². The van der Waals surface area contributed by atoms with E-state index < -0.39 is 12.0 Å². The summed E-state index contributed by atoms with van der Waals surface area (Å²) in [5, 5.41) is 4.34. The van der Waals surface area contributed by atoms with Gasteiger partial charge in [-0.1, -0.05) is 31.5 Å². The van der Waals surface area contributed by atoms with Gasteiger partial charge in [0.05, 0.1) is 7.11 Å². The largest absolute Gasteiger partial charge is 0.467 e. The van der Waals surface area contributed by atoms with Crippen LogP contribution >= 0.6 is 11.6 Å². The second kappa shape index (κ2) is 6.83. The number of hydrogen-bond acceptors (Lipinski definition) is 3. The molecule has 0 aliphatic carbocycles. The molecule has 1 aromatic heterocycles. The highest BCUT2D eigenvalue weighted by Crippen LogP contribution is 2.20. The molecule has 1 heterocycles. The molecule has 0 saturated carbocycles. The SMILES string of the molecule is COC(=O)[C@@H](NC(=O)Cn1ccc2ccc(Cl)cc21)C(C)C. The lowest BCUT2D eigenvalue weighted by atomic mass is 10.0. The Kier molecular flexibility index (Phi) is 5.08. The van der Waals surface area contributed by atoms with Gasteiger partial charge in [0.25, 0.3) is 0 Å². The Hall–Kier alpha value is -2.01. The third-order valence-electron chi connectivity index (χ3n) is 3.49. The van der Waals surface area contributed by atoms with Crippen LogP contribution in [0.15, 0.2) is 30.5 Å². The lowest BCUT2D eigenvalue weighted by Crippen LogP contribution is -2.46. The van der Waals surface area contributed by atoms with Crippen LogP contribution < -0.4 is 5.32 Å². The summed E-state index contributed by atoms with van der Waals surface area (Å²) < 4.78 is 6.51. The molecule has 0 bridgehead atoms. The highest BCUT2D eigenvalue weighted by Gasteiger charge is 2.24. The van der Waals surface area contributed by atoms with Gasteiger partial charge < -0.3 is 14.6 Å². The summed E-state index contributed by atoms with van der Waals surface area (Å²) in [4.78, 5) is 23.9. The number of carbonyl (C=O) groups excluding carboxylic acids is 2. The monoisotopic (exact) mass is 322 g/mol. The minimum absolute atomic E-state index is 0.0488. The highest BCUT2D eigenvalue weighted by molar-refractivity contribution is 6.31. The van der Waals surface area contributed by atoms with Crippen molar-refractivity contribution in [1.82, 2.24) is 9.88 Å². The number of nitrogens with one attached hydrogen (secondary N) is 1. The molecule has 0 aliphatic rings. The molecule has 1 atom stereocenters. The Morgan fingerprint density at radius 1 is 1.32 bits per heavy atom. The van der Waals surface area contributed by atoms with Gasteiger partial charge in [-0.25, -0.2) is 4.79 Å². The van der Waals surface area contributed by atoms with Crippen molar-refractivity contribution in [2.75, 3.05) is 7.11 Å². The van der Waals surface area contributed by atoms with E-state index in [1.807, 2.05) is 38.2 Å². The maximum Gasteiger partial charge on any atom is 0.328 e. The van der Waals surface area contributed by atoms with Crippen molar-refractivity contribution in [3.8, 4) is 0 Å². The molecule has 2 rings (SSSR count). The number of ether oxygens (including phenoxy) is 1. The number of nitrogens with zero attached hydrogens (tertiary/aromatic N) is 1. The highest BCUT2D eigenvalue weighted by atomic mass is 35.5. The van der Waals surface area contributed by atoms with Crippen LogP contribution in [0, 0.1) is 5.92 Å². The van der Waals surface area contributed by atoms with Crippen LogP contribution in [0.2, 0.25) is 5.02 Å². The minimum Gasteiger partial charge on any atom is -0.467 e. The van der Waals surface area contributed by atoms with Crippen LogP contribution in [0.25, 0.3) is 10.9 Å². The van der Waals surface area contributed by atoms with Crippen molar-refractivity contribution in [3.63, 3.8) is 0 Å². The molecule has 0 fully saturated rings. The average Bonchev–Trinajstić information content (AvgIpc) is 2.86. The molecule has 5 nitrogen and oxygen atoms in total. The Labute approximate surface area is 134 Å². The second-order valence-electron chi connectivity index (χ2n) is 5.46. The summed E-state index contributed by atoms with van der Waals surface area (Å²) in [5.41, 5.74) is 0.877. The summed E-state index contributed by atoms with van der Waals surface area (Å²) in [6.07, 6.45) is 1.82. The van der Waals surface area contributed by atoms with Gasteiger partial charge in [0.1, 0.15) is 12.6 Å². The van der Waals surface area contributed by atoms with Crippen molar-refractivity contribution in [2.24, 2.45) is 5.92 Å². The van der Waals surface area contributed by atoms with E-state index in [0.717, 1.165) is 10.9 Å². The standard InChI is InChI=1S/C16H19ClN2O3/c1-10(2)15(16(21)22-3)18-14(20)9-19-7-6-11-4-5-12(17)8-13(11)19/h4-8,10,15H,9H2,1-3H3,(H,18,20)/t15-/m0/s1. The number of amides is 1. The van der Waals surface area contributed by atoms with Gasteiger partial charge in [0.15, 0.2) is 0 Å². The van der Waals surface area contributed by atoms with Crippen LogP contribution in [-0.2, 0) is 20.9 Å². The van der Waals surface area contributed by atoms with Crippen LogP contribution in [0.3, 0.4) is 0 Å². The van der Waals surface area contributed by atoms with E-state index >= 15 is 0 Å². The van der Waals surface area contributed by atoms with Gasteiger partial charge in [-0.3, -0.25) is 4.79 Å². The van der Waals surface area contributed by atoms with Crippen molar-refractivity contribution < 1.29 is 14.3 Å². The first-order chi connectivity index (χ1) is 10.4. The van der Waals surface area contributed by atoms with E-state index in [0.29, 0.717) is 5.02 Å². The number of fused-ring (bicyclic) bond motifs is 1. The molecule has 118 valence electrons. The van der Waals surface area contributed by atoms with Gasteiger partial charge in [-0.05, 0) is 29.5 Å². The van der Waals surface area contributed by atoms with Crippen molar-refractivity contribution in [2.45, 2.75) is 26.4 Å². The fraction of sp³-hybridized carbons (Fsp3) is 0.375. The van der Waals surface area contributed by atoms with Crippen molar-refractivity contribution in [3.05, 3.63) is 35.5 Å². The Morgan fingerprint density at radius 2 is 2.05 bits per heavy atom. The maximum absolute atomic E-state index is 12.2. The fourth-order valence-electron chi connectivity index (χ4n) is 2.29. The number of rotatable bonds is 5. The lowest BCUT2D eigenvalue weighted by Gasteiger charge is -2.20. The second-order valence-corrected chi connectivity index (χ2v) is 5.90. The molecule has 1 N–H and O–H groups in total. The molecule has 0 radical (unpaired) electrons. The minimum atomic E-state index is -0.650. The van der Waals surface area contributed by atoms with Gasteiger partial charge >= 0.3 is 5.97 Å². The predicted molar refractivity (Wildman–Crippen MR) is 85.7 cm³/mol. The van der Waals surface area contributed by atoms with E-state index in [2.05, 4.69) is 5.32 Å². The van der Waals surface area contributed by atoms with Crippen molar-refractivity contribution >= 4 is 34.4 Å². The number of hydrogen-bond donors (Lipinski definition) is 1. The molecule has 0 saturated heterocycles. The number of methoxy groups -OCH3 is 1. The van der Waals surface area contributed by atoms with Gasteiger partial charge in [-0.2, -0.15) is 0 Å². The zero-order chi connectivity index (χ0) is 16.3. The zero-order valence-corrected chi connectivity index (χ0v) is 13.6. The summed E-state index contributed by atoms with van der Waals surface area (Å²) in [6, 6.07) is 6.78. The summed E-state index contributed by atoms with van der Waals surface area (Å²) >= 11 is 6.00. The molecule has 0 aliphatic heterocycles. The molecule has 0 unspecified atom stereocenters. The first kappa shape index (κ1) is 16.4. The first-order valence-electron chi connectivity index (χ1n) is 7.04. The number of esters is 1. The number of carbonyl (C=O) groups is 2. The summed E-state index contributed by atoms with van der Waals surface area (Å²) in [7, 11) is 1.31. The molecule has 2 aromatic rings. The Morgan fingerprint density at radius 3 is 2.68 bits per heavy atom. The third-order valence-corrected chi connectivity index (χ3v) is 3.72. The van der Waals surface area contributed by atoms with Gasteiger partial charge in [0, 0.05) is 16.7 Å². The third kappa shape index (κ3) is 3.60. The topological polar surface area (TPSA) is 60.3 Å². The molecule has 1 aromatic carbocycles. The predicted octanol–water partition coefficient (Wildman–Crippen LogP) is 2.61. The number of benzene rings is 1.